The summed E-state index contributed by atoms with van der Waals surface area (Å²) in [5, 5.41) is 0.431. The SMILES string of the molecule is CC(C)=CCCC(C)=CCCC(C)=CCCC(C)=CC(CC(C)=CCCC(C)=CCCC(C)=CCOCF)Sc1ccccc1. The molecule has 1 atom stereocenters. The van der Waals surface area contributed by atoms with Crippen molar-refractivity contribution >= 4 is 11.8 Å². The molecule has 45 heavy (non-hydrogen) atoms. The number of allylic oxidation sites excluding steroid dienone is 12. The average molecular weight is 635 g/mol. The van der Waals surface area contributed by atoms with E-state index in [9.17, 15) is 4.39 Å². The smallest absolute Gasteiger partial charge is 0.188 e. The van der Waals surface area contributed by atoms with Crippen molar-refractivity contribution in [1.29, 1.82) is 0 Å². The number of hydrogen-bond acceptors (Lipinski definition) is 2. The fourth-order valence-electron chi connectivity index (χ4n) is 5.04. The van der Waals surface area contributed by atoms with Gasteiger partial charge in [-0.1, -0.05) is 99.7 Å². The van der Waals surface area contributed by atoms with E-state index in [1.807, 2.05) is 17.8 Å². The molecule has 0 aliphatic carbocycles. The van der Waals surface area contributed by atoms with Gasteiger partial charge in [-0.2, -0.15) is 0 Å². The molecule has 0 spiro atoms. The second-order valence-corrected chi connectivity index (χ2v) is 14.2. The molecule has 1 aromatic rings. The predicted octanol–water partition coefficient (Wildman–Crippen LogP) is 14.0. The molecule has 0 bridgehead atoms. The predicted molar refractivity (Wildman–Crippen MR) is 201 cm³/mol. The monoisotopic (exact) mass is 634 g/mol. The van der Waals surface area contributed by atoms with Gasteiger partial charge in [0, 0.05) is 10.1 Å². The first-order chi connectivity index (χ1) is 21.6. The highest BCUT2D eigenvalue weighted by atomic mass is 32.2. The first-order valence-electron chi connectivity index (χ1n) is 17.0. The van der Waals surface area contributed by atoms with Crippen LogP contribution in [-0.2, 0) is 4.74 Å². The third-order valence-electron chi connectivity index (χ3n) is 7.87. The lowest BCUT2D eigenvalue weighted by molar-refractivity contribution is 0.0774. The molecule has 0 saturated heterocycles. The number of thioether (sulfide) groups is 1. The Balaban J connectivity index is 2.65. The van der Waals surface area contributed by atoms with Crippen LogP contribution in [0.4, 0.5) is 4.39 Å². The fourth-order valence-corrected chi connectivity index (χ4v) is 6.35. The third kappa shape index (κ3) is 23.6. The lowest BCUT2D eigenvalue weighted by atomic mass is 10.0. The van der Waals surface area contributed by atoms with Gasteiger partial charge in [0.25, 0.3) is 0 Å². The average Bonchev–Trinajstić information content (AvgIpc) is 2.97. The van der Waals surface area contributed by atoms with E-state index in [-0.39, 0.29) is 0 Å². The Kier molecular flexibility index (Phi) is 23.3. The van der Waals surface area contributed by atoms with Gasteiger partial charge in [0.2, 0.25) is 0 Å². The van der Waals surface area contributed by atoms with Crippen molar-refractivity contribution in [3.63, 3.8) is 0 Å². The lowest BCUT2D eigenvalue weighted by Crippen LogP contribution is -2.01. The highest BCUT2D eigenvalue weighted by Gasteiger charge is 2.10. The zero-order valence-electron chi connectivity index (χ0n) is 29.9. The second-order valence-electron chi connectivity index (χ2n) is 12.9. The van der Waals surface area contributed by atoms with Gasteiger partial charge >= 0.3 is 0 Å². The topological polar surface area (TPSA) is 9.23 Å². The van der Waals surface area contributed by atoms with E-state index in [2.05, 4.69) is 122 Å². The van der Waals surface area contributed by atoms with E-state index >= 15 is 0 Å². The molecule has 0 amide bonds. The Bertz CT molecular complexity index is 1160. The summed E-state index contributed by atoms with van der Waals surface area (Å²) in [5.41, 5.74) is 10.1. The van der Waals surface area contributed by atoms with Crippen LogP contribution in [0.2, 0.25) is 0 Å². The van der Waals surface area contributed by atoms with Crippen LogP contribution in [0, 0.1) is 0 Å². The van der Waals surface area contributed by atoms with Gasteiger partial charge in [-0.15, -0.1) is 11.8 Å². The summed E-state index contributed by atoms with van der Waals surface area (Å²) < 4.78 is 16.9. The molecule has 250 valence electrons. The maximum Gasteiger partial charge on any atom is 0.188 e. The van der Waals surface area contributed by atoms with Gasteiger partial charge in [-0.25, -0.2) is 4.39 Å². The van der Waals surface area contributed by atoms with Gasteiger partial charge in [0.05, 0.1) is 6.61 Å². The number of hydrogen-bond donors (Lipinski definition) is 0. The van der Waals surface area contributed by atoms with E-state index in [1.54, 1.807) is 0 Å². The summed E-state index contributed by atoms with van der Waals surface area (Å²) in [4.78, 5) is 1.33. The quantitative estimate of drug-likeness (QED) is 0.0673. The zero-order chi connectivity index (χ0) is 33.3. The van der Waals surface area contributed by atoms with Gasteiger partial charge in [-0.3, -0.25) is 0 Å². The third-order valence-corrected chi connectivity index (χ3v) is 9.02. The molecule has 1 unspecified atom stereocenters. The summed E-state index contributed by atoms with van der Waals surface area (Å²) in [6, 6.07) is 10.8. The van der Waals surface area contributed by atoms with E-state index in [0.29, 0.717) is 11.9 Å². The highest BCUT2D eigenvalue weighted by Crippen LogP contribution is 2.30. The summed E-state index contributed by atoms with van der Waals surface area (Å²) in [6.07, 6.45) is 28.6. The number of halogens is 1. The molecular formula is C42H63FOS. The van der Waals surface area contributed by atoms with Gasteiger partial charge in [-0.05, 0) is 138 Å². The molecule has 1 aromatic carbocycles. The lowest BCUT2D eigenvalue weighted by Gasteiger charge is -2.15. The molecule has 1 rings (SSSR count). The van der Waals surface area contributed by atoms with Crippen LogP contribution < -0.4 is 0 Å². The highest BCUT2D eigenvalue weighted by molar-refractivity contribution is 8.00. The Morgan fingerprint density at radius 3 is 1.53 bits per heavy atom. The largest absolute Gasteiger partial charge is 0.346 e. The maximum atomic E-state index is 12.1. The van der Waals surface area contributed by atoms with Crippen molar-refractivity contribution in [2.75, 3.05) is 13.5 Å². The van der Waals surface area contributed by atoms with Crippen molar-refractivity contribution in [3.8, 4) is 0 Å². The molecule has 0 saturated carbocycles. The Hall–Kier alpha value is -2.36. The van der Waals surface area contributed by atoms with Crippen LogP contribution in [0.5, 0.6) is 0 Å². The van der Waals surface area contributed by atoms with E-state index in [4.69, 9.17) is 4.74 Å². The van der Waals surface area contributed by atoms with E-state index in [1.165, 1.54) is 50.3 Å². The minimum atomic E-state index is -0.717. The van der Waals surface area contributed by atoms with E-state index < -0.39 is 6.86 Å². The van der Waals surface area contributed by atoms with Crippen molar-refractivity contribution in [2.24, 2.45) is 0 Å². The van der Waals surface area contributed by atoms with Crippen LogP contribution in [-0.4, -0.2) is 18.7 Å². The molecule has 0 fully saturated rings. The molecule has 0 N–H and O–H groups in total. The van der Waals surface area contributed by atoms with Crippen molar-refractivity contribution in [1.82, 2.24) is 0 Å². The number of rotatable bonds is 23. The van der Waals surface area contributed by atoms with Crippen LogP contribution in [0.15, 0.2) is 117 Å². The first-order valence-corrected chi connectivity index (χ1v) is 17.9. The molecule has 1 nitrogen and oxygen atoms in total. The minimum Gasteiger partial charge on any atom is -0.346 e. The van der Waals surface area contributed by atoms with Crippen LogP contribution in [0.1, 0.15) is 126 Å². The Labute approximate surface area is 281 Å². The molecule has 0 heterocycles. The number of benzene rings is 1. The normalized spacial score (nSPS) is 14.6. The van der Waals surface area contributed by atoms with Crippen LogP contribution >= 0.6 is 11.8 Å². The van der Waals surface area contributed by atoms with Crippen molar-refractivity contribution < 1.29 is 9.13 Å². The van der Waals surface area contributed by atoms with Gasteiger partial charge in [0.15, 0.2) is 6.86 Å². The van der Waals surface area contributed by atoms with Crippen LogP contribution in [0.25, 0.3) is 0 Å². The zero-order valence-corrected chi connectivity index (χ0v) is 30.7. The van der Waals surface area contributed by atoms with Crippen LogP contribution in [0.3, 0.4) is 0 Å². The summed E-state index contributed by atoms with van der Waals surface area (Å²) in [6.45, 7) is 17.5. The number of ether oxygens (including phenoxy) is 1. The molecule has 0 aliphatic heterocycles. The molecule has 0 aromatic heterocycles. The molecule has 0 aliphatic rings. The maximum absolute atomic E-state index is 12.1. The van der Waals surface area contributed by atoms with Gasteiger partial charge in [0.1, 0.15) is 0 Å². The van der Waals surface area contributed by atoms with E-state index in [0.717, 1.165) is 64.2 Å². The molecule has 3 heteroatoms. The van der Waals surface area contributed by atoms with Gasteiger partial charge < -0.3 is 4.74 Å². The Morgan fingerprint density at radius 1 is 0.600 bits per heavy atom. The summed E-state index contributed by atoms with van der Waals surface area (Å²) >= 11 is 1.98. The second kappa shape index (κ2) is 25.8. The minimum absolute atomic E-state index is 0.361. The molecule has 0 radical (unpaired) electrons. The first kappa shape index (κ1) is 40.7. The van der Waals surface area contributed by atoms with Crippen molar-refractivity contribution in [3.05, 3.63) is 112 Å². The van der Waals surface area contributed by atoms with Crippen molar-refractivity contribution in [2.45, 2.75) is 136 Å². The summed E-state index contributed by atoms with van der Waals surface area (Å²) in [5.74, 6) is 0. The molecular weight excluding hydrogens is 572 g/mol. The number of alkyl halides is 1. The summed E-state index contributed by atoms with van der Waals surface area (Å²) in [7, 11) is 0. The standard InChI is InChI=1S/C42H63FOS/c1-34(2)17-12-18-35(3)19-13-20-36(4)22-15-25-39(7)31-42(45-41-27-10-9-11-28-41)32-40(8)26-16-23-37(5)21-14-24-38(6)29-30-44-33-43/h9-11,17,19,21-22,26-29,31,42H,12-16,18,20,23-25,30,32-33H2,1-8H3. The Morgan fingerprint density at radius 2 is 1.04 bits per heavy atom. The fraction of sp³-hybridized carbons (Fsp3) is 0.524.